The number of para-hydroxylation sites is 2. The third-order valence-corrected chi connectivity index (χ3v) is 5.49. The molecule has 1 saturated heterocycles. The molecule has 5 heteroatoms. The first-order chi connectivity index (χ1) is 13.5. The van der Waals surface area contributed by atoms with Crippen LogP contribution in [0.25, 0.3) is 11.0 Å². The fraction of sp³-hybridized carbons (Fsp3) is 0.435. The van der Waals surface area contributed by atoms with Crippen molar-refractivity contribution in [3.05, 3.63) is 58.9 Å². The van der Waals surface area contributed by atoms with E-state index in [0.29, 0.717) is 6.54 Å². The van der Waals surface area contributed by atoms with Crippen LogP contribution in [-0.2, 0) is 11.3 Å². The third kappa shape index (κ3) is 3.77. The van der Waals surface area contributed by atoms with Crippen LogP contribution in [0.5, 0.6) is 5.75 Å². The zero-order valence-corrected chi connectivity index (χ0v) is 16.8. The Balaban J connectivity index is 1.53. The second-order valence-corrected chi connectivity index (χ2v) is 7.74. The van der Waals surface area contributed by atoms with Gasteiger partial charge < -0.3 is 19.1 Å². The lowest BCUT2D eigenvalue weighted by Crippen LogP contribution is -2.25. The third-order valence-electron chi connectivity index (χ3n) is 5.49. The van der Waals surface area contributed by atoms with E-state index in [-0.39, 0.29) is 12.7 Å². The summed E-state index contributed by atoms with van der Waals surface area (Å²) < 4.78 is 13.9. The minimum absolute atomic E-state index is 0.00202. The highest BCUT2D eigenvalue weighted by Gasteiger charge is 2.25. The fourth-order valence-corrected chi connectivity index (χ4v) is 3.91. The second-order valence-electron chi connectivity index (χ2n) is 7.74. The molecule has 148 valence electrons. The van der Waals surface area contributed by atoms with Crippen LogP contribution in [0, 0.1) is 20.8 Å². The molecule has 0 radical (unpaired) electrons. The molecule has 5 nitrogen and oxygen atoms in total. The second kappa shape index (κ2) is 7.94. The summed E-state index contributed by atoms with van der Waals surface area (Å²) in [5, 5.41) is 10.7. The molecule has 4 rings (SSSR count). The van der Waals surface area contributed by atoms with E-state index in [9.17, 15) is 5.11 Å². The lowest BCUT2D eigenvalue weighted by molar-refractivity contribution is 0.0803. The maximum Gasteiger partial charge on any atom is 0.139 e. The Morgan fingerprint density at radius 3 is 2.86 bits per heavy atom. The molecule has 3 aromatic rings. The molecule has 0 spiro atoms. The van der Waals surface area contributed by atoms with Crippen molar-refractivity contribution in [3.63, 3.8) is 0 Å². The van der Waals surface area contributed by atoms with Crippen LogP contribution in [0.3, 0.4) is 0 Å². The summed E-state index contributed by atoms with van der Waals surface area (Å²) in [6.45, 7) is 7.63. The van der Waals surface area contributed by atoms with Crippen LogP contribution >= 0.6 is 0 Å². The highest BCUT2D eigenvalue weighted by Crippen LogP contribution is 2.31. The number of rotatable bonds is 6. The van der Waals surface area contributed by atoms with Gasteiger partial charge in [-0.3, -0.25) is 0 Å². The molecule has 2 unspecified atom stereocenters. The Labute approximate surface area is 165 Å². The molecule has 0 amide bonds. The normalized spacial score (nSPS) is 17.9. The van der Waals surface area contributed by atoms with Crippen molar-refractivity contribution in [2.45, 2.75) is 52.4 Å². The number of benzene rings is 2. The first-order valence-corrected chi connectivity index (χ1v) is 9.98. The maximum absolute atomic E-state index is 10.7. The van der Waals surface area contributed by atoms with Crippen molar-refractivity contribution in [2.24, 2.45) is 0 Å². The predicted molar refractivity (Wildman–Crippen MR) is 110 cm³/mol. The Morgan fingerprint density at radius 2 is 2.07 bits per heavy atom. The van der Waals surface area contributed by atoms with Crippen molar-refractivity contribution in [1.29, 1.82) is 0 Å². The largest absolute Gasteiger partial charge is 0.491 e. The highest BCUT2D eigenvalue weighted by atomic mass is 16.5. The number of fused-ring (bicyclic) bond motifs is 1. The average Bonchev–Trinajstić information content (AvgIpc) is 3.32. The van der Waals surface area contributed by atoms with Crippen molar-refractivity contribution >= 4 is 11.0 Å². The standard InChI is InChI=1S/C23H28N2O3/c1-15-11-16(2)17(3)22(12-15)28-14-18(26)13-25-20-8-5-4-7-19(20)24-23(25)21-9-6-10-27-21/h4-5,7-8,11-12,18,21,26H,6,9-10,13-14H2,1-3H3. The first kappa shape index (κ1) is 19.0. The maximum atomic E-state index is 10.7. The SMILES string of the molecule is Cc1cc(C)c(C)c(OCC(O)Cn2c(C3CCCO3)nc3ccccc32)c1. The van der Waals surface area contributed by atoms with E-state index in [1.54, 1.807) is 0 Å². The van der Waals surface area contributed by atoms with Crippen LogP contribution in [0.1, 0.15) is 41.5 Å². The Hall–Kier alpha value is -2.37. The van der Waals surface area contributed by atoms with E-state index in [0.717, 1.165) is 53.2 Å². The zero-order valence-electron chi connectivity index (χ0n) is 16.8. The van der Waals surface area contributed by atoms with Gasteiger partial charge in [-0.1, -0.05) is 18.2 Å². The molecule has 1 aliphatic rings. The minimum Gasteiger partial charge on any atom is -0.491 e. The summed E-state index contributed by atoms with van der Waals surface area (Å²) >= 11 is 0. The molecule has 1 fully saturated rings. The summed E-state index contributed by atoms with van der Waals surface area (Å²) in [5.41, 5.74) is 5.44. The first-order valence-electron chi connectivity index (χ1n) is 9.98. The Morgan fingerprint density at radius 1 is 1.25 bits per heavy atom. The summed E-state index contributed by atoms with van der Waals surface area (Å²) in [7, 11) is 0. The highest BCUT2D eigenvalue weighted by molar-refractivity contribution is 5.76. The number of aryl methyl sites for hydroxylation is 2. The van der Waals surface area contributed by atoms with E-state index in [4.69, 9.17) is 14.5 Å². The molecule has 0 aliphatic carbocycles. The number of hydrogen-bond acceptors (Lipinski definition) is 4. The minimum atomic E-state index is -0.641. The van der Waals surface area contributed by atoms with Gasteiger partial charge in [0, 0.05) is 6.61 Å². The molecule has 28 heavy (non-hydrogen) atoms. The number of imidazole rings is 1. The summed E-state index contributed by atoms with van der Waals surface area (Å²) in [5.74, 6) is 1.74. The Bertz CT molecular complexity index is 973. The summed E-state index contributed by atoms with van der Waals surface area (Å²) in [4.78, 5) is 4.79. The van der Waals surface area contributed by atoms with Gasteiger partial charge in [0.1, 0.15) is 30.4 Å². The number of ether oxygens (including phenoxy) is 2. The van der Waals surface area contributed by atoms with E-state index in [1.165, 1.54) is 5.56 Å². The van der Waals surface area contributed by atoms with E-state index >= 15 is 0 Å². The lowest BCUT2D eigenvalue weighted by Gasteiger charge is -2.19. The summed E-state index contributed by atoms with van der Waals surface area (Å²) in [6.07, 6.45) is 1.38. The fourth-order valence-electron chi connectivity index (χ4n) is 3.91. The number of aromatic nitrogens is 2. The molecule has 1 N–H and O–H groups in total. The predicted octanol–water partition coefficient (Wildman–Crippen LogP) is 4.25. The topological polar surface area (TPSA) is 56.5 Å². The van der Waals surface area contributed by atoms with Crippen LogP contribution < -0.4 is 4.74 Å². The molecular formula is C23H28N2O3. The van der Waals surface area contributed by atoms with E-state index < -0.39 is 6.10 Å². The van der Waals surface area contributed by atoms with Crippen molar-refractivity contribution in [3.8, 4) is 5.75 Å². The van der Waals surface area contributed by atoms with Gasteiger partial charge in [0.05, 0.1) is 17.6 Å². The van der Waals surface area contributed by atoms with Crippen molar-refractivity contribution < 1.29 is 14.6 Å². The van der Waals surface area contributed by atoms with Crippen LogP contribution in [0.15, 0.2) is 36.4 Å². The molecule has 2 atom stereocenters. The zero-order chi connectivity index (χ0) is 19.7. The Kier molecular flexibility index (Phi) is 5.38. The molecule has 1 aromatic heterocycles. The summed E-state index contributed by atoms with van der Waals surface area (Å²) in [6, 6.07) is 12.2. The monoisotopic (exact) mass is 380 g/mol. The van der Waals surface area contributed by atoms with Gasteiger partial charge in [0.2, 0.25) is 0 Å². The average molecular weight is 380 g/mol. The lowest BCUT2D eigenvalue weighted by atomic mass is 10.1. The molecule has 1 aliphatic heterocycles. The quantitative estimate of drug-likeness (QED) is 0.694. The number of hydrogen-bond donors (Lipinski definition) is 1. The van der Waals surface area contributed by atoms with Crippen LogP contribution in [0.2, 0.25) is 0 Å². The van der Waals surface area contributed by atoms with Crippen LogP contribution in [-0.4, -0.2) is 34.0 Å². The molecular weight excluding hydrogens is 352 g/mol. The van der Waals surface area contributed by atoms with E-state index in [1.807, 2.05) is 30.3 Å². The van der Waals surface area contributed by atoms with Crippen molar-refractivity contribution in [2.75, 3.05) is 13.2 Å². The number of aliphatic hydroxyl groups excluding tert-OH is 1. The van der Waals surface area contributed by atoms with Crippen molar-refractivity contribution in [1.82, 2.24) is 9.55 Å². The molecule has 2 aromatic carbocycles. The molecule has 0 bridgehead atoms. The van der Waals surface area contributed by atoms with Gasteiger partial charge in [-0.05, 0) is 68.5 Å². The van der Waals surface area contributed by atoms with Gasteiger partial charge in [-0.15, -0.1) is 0 Å². The number of aliphatic hydroxyl groups is 1. The van der Waals surface area contributed by atoms with Gasteiger partial charge in [-0.25, -0.2) is 4.98 Å². The van der Waals surface area contributed by atoms with Gasteiger partial charge in [0.15, 0.2) is 0 Å². The van der Waals surface area contributed by atoms with Gasteiger partial charge in [-0.2, -0.15) is 0 Å². The van der Waals surface area contributed by atoms with Crippen LogP contribution in [0.4, 0.5) is 0 Å². The van der Waals surface area contributed by atoms with E-state index in [2.05, 4.69) is 31.4 Å². The van der Waals surface area contributed by atoms with Gasteiger partial charge in [0.25, 0.3) is 0 Å². The molecule has 0 saturated carbocycles. The van der Waals surface area contributed by atoms with Gasteiger partial charge >= 0.3 is 0 Å². The molecule has 2 heterocycles. The smallest absolute Gasteiger partial charge is 0.139 e. The number of nitrogens with zero attached hydrogens (tertiary/aromatic N) is 2.